The van der Waals surface area contributed by atoms with Gasteiger partial charge in [-0.15, -0.1) is 0 Å². The van der Waals surface area contributed by atoms with Crippen LogP contribution >= 0.6 is 31.9 Å². The average Bonchev–Trinajstić information content (AvgIpc) is 1.73. The first kappa shape index (κ1) is 68.5. The molecule has 0 atom stereocenters. The van der Waals surface area contributed by atoms with Gasteiger partial charge < -0.3 is 41.9 Å². The summed E-state index contributed by atoms with van der Waals surface area (Å²) in [6, 6.07) is 64.9. The van der Waals surface area contributed by atoms with Crippen LogP contribution in [0.1, 0.15) is 130 Å². The molecule has 0 N–H and O–H groups in total. The van der Waals surface area contributed by atoms with Gasteiger partial charge in [0.2, 0.25) is 0 Å². The summed E-state index contributed by atoms with van der Waals surface area (Å²) < 4.78 is 56.9. The maximum absolute atomic E-state index is 6.33. The number of hydrogen-bond acceptors (Lipinski definition) is 9. The highest BCUT2D eigenvalue weighted by Crippen LogP contribution is 2.42. The lowest BCUT2D eigenvalue weighted by Gasteiger charge is -2.32. The van der Waals surface area contributed by atoms with E-state index in [0.29, 0.717) is 0 Å². The fourth-order valence-electron chi connectivity index (χ4n) is 10.8. The molecule has 0 unspecified atom stereocenters. The molecule has 0 aliphatic carbocycles. The molecule has 0 saturated carbocycles. The Kier molecular flexibility index (Phi) is 19.6. The number of halogens is 2. The number of aryl methyl sites for hydroxylation is 1. The van der Waals surface area contributed by atoms with E-state index in [-0.39, 0.29) is 17.3 Å². The van der Waals surface area contributed by atoms with Crippen LogP contribution < -0.4 is 16.4 Å². The molecule has 472 valence electrons. The average molecular weight is 1350 g/mol. The van der Waals surface area contributed by atoms with Gasteiger partial charge in [-0.1, -0.05) is 159 Å². The minimum atomic E-state index is -0.523. The van der Waals surface area contributed by atoms with Crippen molar-refractivity contribution >= 4 is 76.9 Å². The van der Waals surface area contributed by atoms with E-state index >= 15 is 0 Å². The summed E-state index contributed by atoms with van der Waals surface area (Å²) in [4.78, 5) is 0. The topological polar surface area (TPSA) is 83.1 Å². The number of hydrogen-bond donors (Lipinski definition) is 0. The third kappa shape index (κ3) is 15.2. The van der Waals surface area contributed by atoms with Gasteiger partial charge in [0.15, 0.2) is 0 Å². The van der Waals surface area contributed by atoms with E-state index in [4.69, 9.17) is 41.9 Å². The summed E-state index contributed by atoms with van der Waals surface area (Å²) in [5, 5.41) is 0. The highest BCUT2D eigenvalue weighted by molar-refractivity contribution is 9.10. The second-order valence-corrected chi connectivity index (χ2v) is 30.7. The maximum Gasteiger partial charge on any atom is 0.640 e. The third-order valence-electron chi connectivity index (χ3n) is 19.5. The Balaban J connectivity index is 0.000000187. The first-order chi connectivity index (χ1) is 42.5. The fourth-order valence-corrected chi connectivity index (χ4v) is 11.3. The maximum atomic E-state index is 6.33. The van der Waals surface area contributed by atoms with E-state index in [1.165, 1.54) is 38.9 Å². The van der Waals surface area contributed by atoms with E-state index in [1.54, 1.807) is 0 Å². The van der Waals surface area contributed by atoms with Gasteiger partial charge in [-0.05, 0) is 275 Å². The van der Waals surface area contributed by atoms with E-state index in [1.807, 2.05) is 41.5 Å². The highest BCUT2D eigenvalue weighted by atomic mass is 79.9. The molecule has 4 heterocycles. The molecule has 0 amide bonds. The van der Waals surface area contributed by atoms with Crippen LogP contribution in [-0.2, 0) is 41.9 Å². The van der Waals surface area contributed by atoms with Crippen molar-refractivity contribution in [2.75, 3.05) is 0 Å². The molecule has 4 aliphatic heterocycles. The van der Waals surface area contributed by atoms with Crippen molar-refractivity contribution in [3.63, 3.8) is 0 Å². The SMILES string of the molecule is CC(C)OB1OC(C)(C)C(C)(C)O1.CC1(C)OB(c2ccc(-c3cc(-c4ccc(B5OC(C)(C)C(C)(C)O5)cc4)cc(-c4ccc(B5OC(C)(C)C(C)(C)O5)cc4)c3)cc2)OC1(C)C.Cc1ccc(-c2cc(-c3ccc(Br)cc3)cc(-c3ccc(Br)cc3)c2)cc1. The Morgan fingerprint density at radius 3 is 0.670 bits per heavy atom. The molecule has 0 aromatic heterocycles. The Hall–Kier alpha value is -5.38. The van der Waals surface area contributed by atoms with Gasteiger partial charge in [0, 0.05) is 15.0 Å². The van der Waals surface area contributed by atoms with Crippen LogP contribution in [0, 0.1) is 6.92 Å². The normalized spacial score (nSPS) is 19.5. The molecule has 15 heteroatoms. The van der Waals surface area contributed by atoms with E-state index in [2.05, 4.69) is 304 Å². The summed E-state index contributed by atoms with van der Waals surface area (Å²) in [6.45, 7) is 39.1. The smallest absolute Gasteiger partial charge is 0.399 e. The molecule has 8 aromatic carbocycles. The molecule has 0 bridgehead atoms. The van der Waals surface area contributed by atoms with E-state index < -0.39 is 62.3 Å². The standard InChI is InChI=1S/C42H51B3O6.C25H18Br2.C9H19BO3/c1-37(2)38(3,4)47-43(46-37)34-19-13-28(14-20-34)31-25-32(29-15-21-35(22-16-29)44-48-39(5,6)40(7,8)49-44)27-33(26-31)30-17-23-36(24-18-30)45-50-41(9,10)42(11,12)51-45;1-17-2-4-18(5-3-17)21-14-22(19-6-10-24(26)11-7-19)16-23(15-21)20-8-12-25(27)13-9-20;1-7(2)11-10-12-8(3,4)9(5,6)13-10/h13-27H,1-12H3;2-16H,1H3;7H,1-6H3. The summed E-state index contributed by atoms with van der Waals surface area (Å²) in [6.07, 6.45) is 0.120. The first-order valence-electron chi connectivity index (χ1n) is 31.8. The zero-order valence-corrected chi connectivity index (χ0v) is 59.8. The predicted molar refractivity (Wildman–Crippen MR) is 385 cm³/mol. The van der Waals surface area contributed by atoms with Crippen LogP contribution in [0.2, 0.25) is 0 Å². The Morgan fingerprint density at radius 2 is 0.462 bits per heavy atom. The largest absolute Gasteiger partial charge is 0.640 e. The zero-order chi connectivity index (χ0) is 65.9. The van der Waals surface area contributed by atoms with Crippen molar-refractivity contribution in [1.82, 2.24) is 0 Å². The second-order valence-electron chi connectivity index (χ2n) is 28.8. The molecule has 9 nitrogen and oxygen atoms in total. The number of benzene rings is 8. The molecule has 4 aliphatic rings. The summed E-state index contributed by atoms with van der Waals surface area (Å²) in [5.74, 6) is 0. The van der Waals surface area contributed by atoms with Crippen LogP contribution in [0.15, 0.2) is 191 Å². The predicted octanol–water partition coefficient (Wildman–Crippen LogP) is 18.1. The zero-order valence-electron chi connectivity index (χ0n) is 56.6. The molecular weight excluding hydrogens is 1260 g/mol. The van der Waals surface area contributed by atoms with Crippen LogP contribution in [0.3, 0.4) is 0 Å². The lowest BCUT2D eigenvalue weighted by molar-refractivity contribution is 0.00578. The lowest BCUT2D eigenvalue weighted by Crippen LogP contribution is -2.41. The summed E-state index contributed by atoms with van der Waals surface area (Å²) in [5.41, 5.74) is 15.4. The molecule has 4 fully saturated rings. The molecule has 8 aromatic rings. The molecule has 91 heavy (non-hydrogen) atoms. The minimum Gasteiger partial charge on any atom is -0.399 e. The van der Waals surface area contributed by atoms with Crippen molar-refractivity contribution in [2.24, 2.45) is 0 Å². The molecule has 0 radical (unpaired) electrons. The quantitative estimate of drug-likeness (QED) is 0.118. The van der Waals surface area contributed by atoms with Gasteiger partial charge >= 0.3 is 28.7 Å². The fraction of sp³-hybridized carbons (Fsp3) is 0.368. The summed E-state index contributed by atoms with van der Waals surface area (Å²) >= 11 is 7.06. The second kappa shape index (κ2) is 26.1. The lowest BCUT2D eigenvalue weighted by atomic mass is 9.78. The Bertz CT molecular complexity index is 3380. The van der Waals surface area contributed by atoms with Crippen LogP contribution in [0.4, 0.5) is 0 Å². The van der Waals surface area contributed by atoms with Gasteiger partial charge in [-0.25, -0.2) is 0 Å². The van der Waals surface area contributed by atoms with Crippen LogP contribution in [0.5, 0.6) is 0 Å². The van der Waals surface area contributed by atoms with Gasteiger partial charge in [0.05, 0.1) is 44.8 Å². The highest BCUT2D eigenvalue weighted by Gasteiger charge is 2.55. The van der Waals surface area contributed by atoms with E-state index in [0.717, 1.165) is 58.7 Å². The molecule has 4 saturated heterocycles. The molecule has 0 spiro atoms. The third-order valence-corrected chi connectivity index (χ3v) is 20.6. The van der Waals surface area contributed by atoms with Crippen LogP contribution in [-0.4, -0.2) is 79.6 Å². The molecule has 12 rings (SSSR count). The van der Waals surface area contributed by atoms with Gasteiger partial charge in [0.25, 0.3) is 0 Å². The Labute approximate surface area is 560 Å². The van der Waals surface area contributed by atoms with Crippen molar-refractivity contribution < 1.29 is 41.9 Å². The minimum absolute atomic E-state index is 0.120. The van der Waals surface area contributed by atoms with Gasteiger partial charge in [-0.2, -0.15) is 0 Å². The number of rotatable bonds is 11. The van der Waals surface area contributed by atoms with Crippen LogP contribution in [0.25, 0.3) is 66.8 Å². The van der Waals surface area contributed by atoms with E-state index in [9.17, 15) is 0 Å². The summed E-state index contributed by atoms with van der Waals surface area (Å²) in [7, 11) is -1.74. The van der Waals surface area contributed by atoms with Crippen molar-refractivity contribution in [3.05, 3.63) is 196 Å². The molecular formula is C76H88B4Br2O9. The van der Waals surface area contributed by atoms with Crippen molar-refractivity contribution in [1.29, 1.82) is 0 Å². The first-order valence-corrected chi connectivity index (χ1v) is 33.4. The van der Waals surface area contributed by atoms with Gasteiger partial charge in [0.1, 0.15) is 0 Å². The van der Waals surface area contributed by atoms with Crippen molar-refractivity contribution in [3.8, 4) is 66.8 Å². The Morgan fingerprint density at radius 1 is 0.275 bits per heavy atom. The monoisotopic (exact) mass is 1350 g/mol. The van der Waals surface area contributed by atoms with Gasteiger partial charge in [-0.3, -0.25) is 0 Å². The van der Waals surface area contributed by atoms with Crippen molar-refractivity contribution in [2.45, 2.75) is 182 Å².